The molecule has 5 heteroatoms. The smallest absolute Gasteiger partial charge is 0.183 e. The Morgan fingerprint density at radius 2 is 1.82 bits per heavy atom. The van der Waals surface area contributed by atoms with Crippen LogP contribution in [0.1, 0.15) is 29.3 Å². The van der Waals surface area contributed by atoms with Gasteiger partial charge in [0.15, 0.2) is 5.78 Å². The first kappa shape index (κ1) is 21.0. The number of hydrogen-bond donors (Lipinski definition) is 0. The number of benzene rings is 2. The average Bonchev–Trinajstić information content (AvgIpc) is 2.72. The largest absolute Gasteiger partial charge is 0.378 e. The Bertz CT molecular complexity index is 804. The standard InChI is InChI=1S/C23H29BrN2O2/c1-4-23(25(2)3,17-18-8-6-5-7-9-18)22(27)19-10-11-21(20(24)16-19)26-12-14-28-15-13-26/h5-11,16H,4,12-15,17H2,1-3H3. The molecule has 1 atom stereocenters. The molecule has 1 fully saturated rings. The van der Waals surface area contributed by atoms with Gasteiger partial charge < -0.3 is 9.64 Å². The minimum absolute atomic E-state index is 0.165. The lowest BCUT2D eigenvalue weighted by Crippen LogP contribution is -2.52. The van der Waals surface area contributed by atoms with E-state index in [2.05, 4.69) is 50.9 Å². The molecule has 1 unspecified atom stereocenters. The topological polar surface area (TPSA) is 32.8 Å². The number of likely N-dealkylation sites (N-methyl/N-ethyl adjacent to an activating group) is 1. The van der Waals surface area contributed by atoms with Crippen molar-refractivity contribution in [3.05, 3.63) is 64.1 Å². The van der Waals surface area contributed by atoms with Gasteiger partial charge in [0.05, 0.1) is 24.4 Å². The van der Waals surface area contributed by atoms with E-state index in [1.807, 2.05) is 44.4 Å². The first-order valence-corrected chi connectivity index (χ1v) is 10.7. The molecule has 1 heterocycles. The second-order valence-corrected chi connectivity index (χ2v) is 8.39. The van der Waals surface area contributed by atoms with Gasteiger partial charge in [-0.1, -0.05) is 37.3 Å². The molecule has 3 rings (SSSR count). The van der Waals surface area contributed by atoms with E-state index in [0.29, 0.717) is 6.42 Å². The number of carbonyl (C=O) groups is 1. The highest BCUT2D eigenvalue weighted by Gasteiger charge is 2.39. The van der Waals surface area contributed by atoms with E-state index >= 15 is 0 Å². The van der Waals surface area contributed by atoms with Crippen LogP contribution in [-0.4, -0.2) is 56.6 Å². The van der Waals surface area contributed by atoms with Crippen LogP contribution in [0.5, 0.6) is 0 Å². The molecule has 1 aliphatic heterocycles. The van der Waals surface area contributed by atoms with Crippen molar-refractivity contribution in [2.24, 2.45) is 0 Å². The van der Waals surface area contributed by atoms with Crippen molar-refractivity contribution in [3.63, 3.8) is 0 Å². The highest BCUT2D eigenvalue weighted by atomic mass is 79.9. The molecule has 2 aromatic carbocycles. The van der Waals surface area contributed by atoms with Crippen LogP contribution in [0.3, 0.4) is 0 Å². The fraction of sp³-hybridized carbons (Fsp3) is 0.435. The minimum Gasteiger partial charge on any atom is -0.378 e. The number of Topliss-reactive ketones (excluding diaryl/α,β-unsaturated/α-hetero) is 1. The van der Waals surface area contributed by atoms with Gasteiger partial charge in [-0.2, -0.15) is 0 Å². The van der Waals surface area contributed by atoms with Gasteiger partial charge in [0.1, 0.15) is 0 Å². The molecular weight excluding hydrogens is 416 g/mol. The van der Waals surface area contributed by atoms with Crippen molar-refractivity contribution < 1.29 is 9.53 Å². The maximum Gasteiger partial charge on any atom is 0.183 e. The van der Waals surface area contributed by atoms with Gasteiger partial charge in [-0.05, 0) is 66.6 Å². The summed E-state index contributed by atoms with van der Waals surface area (Å²) in [6.07, 6.45) is 1.44. The van der Waals surface area contributed by atoms with Crippen molar-refractivity contribution in [3.8, 4) is 0 Å². The predicted molar refractivity (Wildman–Crippen MR) is 118 cm³/mol. The van der Waals surface area contributed by atoms with Gasteiger partial charge in [0, 0.05) is 23.1 Å². The molecule has 1 saturated heterocycles. The van der Waals surface area contributed by atoms with Crippen LogP contribution in [0.25, 0.3) is 0 Å². The molecule has 0 aromatic heterocycles. The molecule has 28 heavy (non-hydrogen) atoms. The third-order valence-corrected chi connectivity index (χ3v) is 6.40. The number of morpholine rings is 1. The van der Waals surface area contributed by atoms with E-state index in [1.165, 1.54) is 5.56 Å². The Hall–Kier alpha value is -1.69. The summed E-state index contributed by atoms with van der Waals surface area (Å²) < 4.78 is 6.41. The molecule has 0 spiro atoms. The molecule has 0 N–H and O–H groups in total. The van der Waals surface area contributed by atoms with E-state index in [1.54, 1.807) is 0 Å². The summed E-state index contributed by atoms with van der Waals surface area (Å²) in [5.74, 6) is 0.165. The normalized spacial score (nSPS) is 16.8. The Balaban J connectivity index is 1.91. The van der Waals surface area contributed by atoms with E-state index in [-0.39, 0.29) is 5.78 Å². The average molecular weight is 445 g/mol. The van der Waals surface area contributed by atoms with Gasteiger partial charge in [0.25, 0.3) is 0 Å². The summed E-state index contributed by atoms with van der Waals surface area (Å²) in [7, 11) is 4.00. The lowest BCUT2D eigenvalue weighted by Gasteiger charge is -2.38. The van der Waals surface area contributed by atoms with Crippen molar-refractivity contribution in [1.82, 2.24) is 4.90 Å². The highest BCUT2D eigenvalue weighted by molar-refractivity contribution is 9.10. The zero-order valence-corrected chi connectivity index (χ0v) is 18.5. The zero-order valence-electron chi connectivity index (χ0n) is 17.0. The summed E-state index contributed by atoms with van der Waals surface area (Å²) in [5.41, 5.74) is 2.47. The lowest BCUT2D eigenvalue weighted by atomic mass is 9.80. The van der Waals surface area contributed by atoms with Crippen LogP contribution in [0.15, 0.2) is 53.0 Å². The van der Waals surface area contributed by atoms with Crippen LogP contribution in [0.2, 0.25) is 0 Å². The number of nitrogens with zero attached hydrogens (tertiary/aromatic N) is 2. The fourth-order valence-corrected chi connectivity index (χ4v) is 4.58. The molecule has 0 amide bonds. The molecule has 0 radical (unpaired) electrons. The minimum atomic E-state index is -0.568. The van der Waals surface area contributed by atoms with Crippen LogP contribution in [0, 0.1) is 0 Å². The Morgan fingerprint density at radius 1 is 1.14 bits per heavy atom. The van der Waals surface area contributed by atoms with Gasteiger partial charge in [0.2, 0.25) is 0 Å². The number of halogens is 1. The van der Waals surface area contributed by atoms with Crippen molar-refractivity contribution in [2.45, 2.75) is 25.3 Å². The summed E-state index contributed by atoms with van der Waals surface area (Å²) in [6.45, 7) is 5.32. The number of rotatable bonds is 7. The fourth-order valence-electron chi connectivity index (χ4n) is 3.95. The summed E-state index contributed by atoms with van der Waals surface area (Å²) in [5, 5.41) is 0. The zero-order chi connectivity index (χ0) is 20.1. The van der Waals surface area contributed by atoms with E-state index in [4.69, 9.17) is 4.74 Å². The van der Waals surface area contributed by atoms with Gasteiger partial charge >= 0.3 is 0 Å². The molecule has 4 nitrogen and oxygen atoms in total. The third kappa shape index (κ3) is 4.32. The highest BCUT2D eigenvalue weighted by Crippen LogP contribution is 2.32. The molecule has 0 bridgehead atoms. The maximum atomic E-state index is 13.7. The number of ketones is 1. The predicted octanol–water partition coefficient (Wildman–Crippen LogP) is 4.42. The summed E-state index contributed by atoms with van der Waals surface area (Å²) >= 11 is 3.70. The maximum absolute atomic E-state index is 13.7. The third-order valence-electron chi connectivity index (χ3n) is 5.76. The lowest BCUT2D eigenvalue weighted by molar-refractivity contribution is 0.0666. The SMILES string of the molecule is CCC(Cc1ccccc1)(C(=O)c1ccc(N2CCOCC2)c(Br)c1)N(C)C. The summed E-state index contributed by atoms with van der Waals surface area (Å²) in [4.78, 5) is 18.1. The molecule has 0 aliphatic carbocycles. The second-order valence-electron chi connectivity index (χ2n) is 7.54. The number of hydrogen-bond acceptors (Lipinski definition) is 4. The van der Waals surface area contributed by atoms with Crippen molar-refractivity contribution in [2.75, 3.05) is 45.3 Å². The Kier molecular flexibility index (Phi) is 6.91. The number of anilines is 1. The van der Waals surface area contributed by atoms with Gasteiger partial charge in [-0.15, -0.1) is 0 Å². The second kappa shape index (κ2) is 9.21. The first-order chi connectivity index (χ1) is 13.5. The van der Waals surface area contributed by atoms with E-state index in [9.17, 15) is 4.79 Å². The van der Waals surface area contributed by atoms with E-state index < -0.39 is 5.54 Å². The van der Waals surface area contributed by atoms with Crippen LogP contribution >= 0.6 is 15.9 Å². The van der Waals surface area contributed by atoms with Crippen molar-refractivity contribution in [1.29, 1.82) is 0 Å². The Labute approximate surface area is 176 Å². The van der Waals surface area contributed by atoms with Gasteiger partial charge in [-0.25, -0.2) is 0 Å². The molecule has 2 aromatic rings. The van der Waals surface area contributed by atoms with Crippen LogP contribution in [0.4, 0.5) is 5.69 Å². The first-order valence-electron chi connectivity index (χ1n) is 9.86. The number of ether oxygens (including phenoxy) is 1. The summed E-state index contributed by atoms with van der Waals surface area (Å²) in [6, 6.07) is 16.3. The Morgan fingerprint density at radius 3 is 2.39 bits per heavy atom. The van der Waals surface area contributed by atoms with Crippen molar-refractivity contribution >= 4 is 27.4 Å². The van der Waals surface area contributed by atoms with E-state index in [0.717, 1.165) is 48.4 Å². The molecule has 0 saturated carbocycles. The van der Waals surface area contributed by atoms with Crippen LogP contribution in [-0.2, 0) is 11.2 Å². The number of carbonyl (C=O) groups excluding carboxylic acids is 1. The monoisotopic (exact) mass is 444 g/mol. The molecule has 1 aliphatic rings. The molecule has 150 valence electrons. The van der Waals surface area contributed by atoms with Crippen LogP contribution < -0.4 is 4.90 Å². The quantitative estimate of drug-likeness (QED) is 0.591. The molecular formula is C23H29BrN2O2. The van der Waals surface area contributed by atoms with Gasteiger partial charge in [-0.3, -0.25) is 9.69 Å².